The predicted molar refractivity (Wildman–Crippen MR) is 116 cm³/mol. The van der Waals surface area contributed by atoms with E-state index in [0.717, 1.165) is 42.9 Å². The number of nitrogens with zero attached hydrogens (tertiary/aromatic N) is 4. The average Bonchev–Trinajstić information content (AvgIpc) is 3.23. The topological polar surface area (TPSA) is 56.9 Å². The third kappa shape index (κ3) is 3.24. The van der Waals surface area contributed by atoms with Crippen LogP contribution in [0.15, 0.2) is 73.1 Å². The summed E-state index contributed by atoms with van der Waals surface area (Å²) in [5, 5.41) is 12.5. The lowest BCUT2D eigenvalue weighted by Gasteiger charge is -2.31. The molecule has 1 aromatic heterocycles. The zero-order valence-electron chi connectivity index (χ0n) is 16.0. The molecular formula is C24H21N5. The summed E-state index contributed by atoms with van der Waals surface area (Å²) in [6.07, 6.45) is 1.83. The largest absolute Gasteiger partial charge is 0.368 e. The molecule has 3 aromatic carbocycles. The van der Waals surface area contributed by atoms with Crippen LogP contribution in [0.3, 0.4) is 0 Å². The van der Waals surface area contributed by atoms with E-state index in [2.05, 4.69) is 74.4 Å². The van der Waals surface area contributed by atoms with Crippen LogP contribution in [0.5, 0.6) is 0 Å². The maximum Gasteiger partial charge on any atom is 0.100 e. The zero-order valence-corrected chi connectivity index (χ0v) is 16.0. The number of piperazine rings is 1. The van der Waals surface area contributed by atoms with E-state index in [9.17, 15) is 0 Å². The Morgan fingerprint density at radius 1 is 0.931 bits per heavy atom. The maximum absolute atomic E-state index is 9.12. The monoisotopic (exact) mass is 379 g/mol. The molecule has 1 N–H and O–H groups in total. The minimum Gasteiger partial charge on any atom is -0.368 e. The van der Waals surface area contributed by atoms with Gasteiger partial charge in [0.2, 0.25) is 0 Å². The molecule has 0 saturated carbocycles. The lowest BCUT2D eigenvalue weighted by atomic mass is 10.0. The van der Waals surface area contributed by atoms with Gasteiger partial charge < -0.3 is 10.2 Å². The van der Waals surface area contributed by atoms with Crippen molar-refractivity contribution in [3.05, 3.63) is 78.6 Å². The van der Waals surface area contributed by atoms with Crippen molar-refractivity contribution in [2.24, 2.45) is 0 Å². The van der Waals surface area contributed by atoms with E-state index in [1.54, 1.807) is 0 Å². The Kier molecular flexibility index (Phi) is 4.47. The normalized spacial score (nSPS) is 14.1. The highest BCUT2D eigenvalue weighted by atomic mass is 15.2. The fraction of sp³-hybridized carbons (Fsp3) is 0.167. The number of hydrogen-bond donors (Lipinski definition) is 1. The number of rotatable bonds is 3. The Morgan fingerprint density at radius 3 is 2.66 bits per heavy atom. The van der Waals surface area contributed by atoms with Gasteiger partial charge in [-0.25, -0.2) is 4.98 Å². The first-order valence-electron chi connectivity index (χ1n) is 9.86. The molecule has 1 aliphatic rings. The SMILES string of the molecule is N#Cc1ccc2c(c1)ncn2-c1cccc(-c2ccccc2N2CCNCC2)c1. The van der Waals surface area contributed by atoms with Crippen molar-refractivity contribution in [2.75, 3.05) is 31.1 Å². The smallest absolute Gasteiger partial charge is 0.100 e. The maximum atomic E-state index is 9.12. The number of anilines is 1. The quantitative estimate of drug-likeness (QED) is 0.585. The minimum absolute atomic E-state index is 0.626. The molecule has 1 aliphatic heterocycles. The molecule has 0 unspecified atom stereocenters. The van der Waals surface area contributed by atoms with E-state index in [0.29, 0.717) is 5.56 Å². The van der Waals surface area contributed by atoms with Gasteiger partial charge in [-0.2, -0.15) is 5.26 Å². The van der Waals surface area contributed by atoms with Crippen LogP contribution in [0, 0.1) is 11.3 Å². The summed E-state index contributed by atoms with van der Waals surface area (Å²) in [6, 6.07) is 25.0. The van der Waals surface area contributed by atoms with E-state index in [-0.39, 0.29) is 0 Å². The Morgan fingerprint density at radius 2 is 1.79 bits per heavy atom. The summed E-state index contributed by atoms with van der Waals surface area (Å²) < 4.78 is 2.08. The molecule has 1 saturated heterocycles. The van der Waals surface area contributed by atoms with E-state index in [1.165, 1.54) is 16.8 Å². The number of imidazole rings is 1. The van der Waals surface area contributed by atoms with Gasteiger partial charge in [-0.1, -0.05) is 30.3 Å². The summed E-state index contributed by atoms with van der Waals surface area (Å²) in [7, 11) is 0. The highest BCUT2D eigenvalue weighted by Gasteiger charge is 2.15. The van der Waals surface area contributed by atoms with Crippen LogP contribution in [0.25, 0.3) is 27.8 Å². The van der Waals surface area contributed by atoms with Crippen LogP contribution in [0.4, 0.5) is 5.69 Å². The molecule has 2 heterocycles. The molecule has 0 atom stereocenters. The summed E-state index contributed by atoms with van der Waals surface area (Å²) >= 11 is 0. The van der Waals surface area contributed by atoms with Gasteiger partial charge in [0.15, 0.2) is 0 Å². The minimum atomic E-state index is 0.626. The molecule has 5 rings (SSSR count). The van der Waals surface area contributed by atoms with Crippen molar-refractivity contribution in [2.45, 2.75) is 0 Å². The first kappa shape index (κ1) is 17.5. The van der Waals surface area contributed by atoms with Crippen LogP contribution in [0.1, 0.15) is 5.56 Å². The third-order valence-electron chi connectivity index (χ3n) is 5.47. The van der Waals surface area contributed by atoms with E-state index in [1.807, 2.05) is 24.5 Å². The Labute approximate surface area is 169 Å². The molecule has 5 nitrogen and oxygen atoms in total. The first-order chi connectivity index (χ1) is 14.3. The van der Waals surface area contributed by atoms with Crippen LogP contribution in [0.2, 0.25) is 0 Å². The molecule has 0 amide bonds. The van der Waals surface area contributed by atoms with Gasteiger partial charge in [0.05, 0.1) is 22.7 Å². The number of benzene rings is 3. The van der Waals surface area contributed by atoms with E-state index >= 15 is 0 Å². The van der Waals surface area contributed by atoms with Gasteiger partial charge in [0, 0.05) is 43.1 Å². The number of aromatic nitrogens is 2. The number of hydrogen-bond acceptors (Lipinski definition) is 4. The van der Waals surface area contributed by atoms with Crippen molar-refractivity contribution in [1.82, 2.24) is 14.9 Å². The van der Waals surface area contributed by atoms with Gasteiger partial charge >= 0.3 is 0 Å². The number of para-hydroxylation sites is 1. The molecule has 1 fully saturated rings. The Bertz CT molecular complexity index is 1210. The summed E-state index contributed by atoms with van der Waals surface area (Å²) in [5.41, 5.74) is 7.22. The lowest BCUT2D eigenvalue weighted by Crippen LogP contribution is -2.43. The van der Waals surface area contributed by atoms with Crippen molar-refractivity contribution in [3.63, 3.8) is 0 Å². The molecule has 0 radical (unpaired) electrons. The number of nitrogens with one attached hydrogen (secondary N) is 1. The number of nitriles is 1. The molecule has 142 valence electrons. The standard InChI is InChI=1S/C24H21N5/c25-16-18-8-9-24-22(14-18)27-17-29(24)20-5-3-4-19(15-20)21-6-1-2-7-23(21)28-12-10-26-11-13-28/h1-9,14-15,17,26H,10-13H2. The Hall–Kier alpha value is -3.62. The van der Waals surface area contributed by atoms with Crippen LogP contribution in [-0.4, -0.2) is 35.7 Å². The average molecular weight is 379 g/mol. The molecule has 0 aliphatic carbocycles. The second-order valence-corrected chi connectivity index (χ2v) is 7.23. The van der Waals surface area contributed by atoms with Gasteiger partial charge in [-0.05, 0) is 42.0 Å². The second-order valence-electron chi connectivity index (χ2n) is 7.23. The molecule has 0 bridgehead atoms. The van der Waals surface area contributed by atoms with Gasteiger partial charge in [0.1, 0.15) is 6.33 Å². The van der Waals surface area contributed by atoms with Crippen molar-refractivity contribution >= 4 is 16.7 Å². The zero-order chi connectivity index (χ0) is 19.6. The third-order valence-corrected chi connectivity index (χ3v) is 5.47. The Balaban J connectivity index is 1.57. The van der Waals surface area contributed by atoms with Crippen molar-refractivity contribution in [3.8, 4) is 22.9 Å². The van der Waals surface area contributed by atoms with Gasteiger partial charge in [-0.15, -0.1) is 0 Å². The first-order valence-corrected chi connectivity index (χ1v) is 9.86. The summed E-state index contributed by atoms with van der Waals surface area (Å²) in [4.78, 5) is 6.95. The van der Waals surface area contributed by atoms with E-state index in [4.69, 9.17) is 5.26 Å². The summed E-state index contributed by atoms with van der Waals surface area (Å²) in [5.74, 6) is 0. The fourth-order valence-corrected chi connectivity index (χ4v) is 4.01. The second kappa shape index (κ2) is 7.42. The van der Waals surface area contributed by atoms with E-state index < -0.39 is 0 Å². The highest BCUT2D eigenvalue weighted by Crippen LogP contribution is 2.32. The lowest BCUT2D eigenvalue weighted by molar-refractivity contribution is 0.589. The van der Waals surface area contributed by atoms with Crippen LogP contribution in [-0.2, 0) is 0 Å². The van der Waals surface area contributed by atoms with Crippen LogP contribution < -0.4 is 10.2 Å². The van der Waals surface area contributed by atoms with Crippen molar-refractivity contribution in [1.29, 1.82) is 5.26 Å². The predicted octanol–water partition coefficient (Wildman–Crippen LogP) is 3.97. The van der Waals surface area contributed by atoms with Gasteiger partial charge in [-0.3, -0.25) is 4.57 Å². The molecule has 4 aromatic rings. The number of fused-ring (bicyclic) bond motifs is 1. The fourth-order valence-electron chi connectivity index (χ4n) is 4.01. The van der Waals surface area contributed by atoms with Gasteiger partial charge in [0.25, 0.3) is 0 Å². The molecule has 29 heavy (non-hydrogen) atoms. The molecular weight excluding hydrogens is 358 g/mol. The highest BCUT2D eigenvalue weighted by molar-refractivity contribution is 5.82. The summed E-state index contributed by atoms with van der Waals surface area (Å²) in [6.45, 7) is 4.06. The van der Waals surface area contributed by atoms with Crippen LogP contribution >= 0.6 is 0 Å². The van der Waals surface area contributed by atoms with Crippen molar-refractivity contribution < 1.29 is 0 Å². The molecule has 5 heteroatoms. The molecule has 0 spiro atoms.